The van der Waals surface area contributed by atoms with Crippen molar-refractivity contribution in [3.63, 3.8) is 0 Å². The van der Waals surface area contributed by atoms with Crippen LogP contribution in [0.4, 0.5) is 4.39 Å². The van der Waals surface area contributed by atoms with Crippen LogP contribution in [0.25, 0.3) is 10.9 Å². The van der Waals surface area contributed by atoms with Gasteiger partial charge in [-0.25, -0.2) is 4.39 Å². The summed E-state index contributed by atoms with van der Waals surface area (Å²) >= 11 is 0. The summed E-state index contributed by atoms with van der Waals surface area (Å²) < 4.78 is 13.1. The summed E-state index contributed by atoms with van der Waals surface area (Å²) in [5.74, 6) is -0.371. The van der Waals surface area contributed by atoms with E-state index in [0.29, 0.717) is 24.9 Å². The van der Waals surface area contributed by atoms with Gasteiger partial charge in [0, 0.05) is 24.0 Å². The van der Waals surface area contributed by atoms with Crippen molar-refractivity contribution in [1.82, 2.24) is 10.3 Å². The zero-order valence-electron chi connectivity index (χ0n) is 13.9. The minimum atomic E-state index is -0.289. The molecule has 0 aliphatic rings. The van der Waals surface area contributed by atoms with E-state index in [-0.39, 0.29) is 17.3 Å². The first-order valence-corrected chi connectivity index (χ1v) is 8.15. The van der Waals surface area contributed by atoms with Gasteiger partial charge >= 0.3 is 0 Å². The number of nitrogens with one attached hydrogen (secondary N) is 2. The number of pyridine rings is 1. The molecule has 0 unspecified atom stereocenters. The van der Waals surface area contributed by atoms with Gasteiger partial charge in [0.15, 0.2) is 0 Å². The number of benzene rings is 2. The van der Waals surface area contributed by atoms with Crippen molar-refractivity contribution in [2.75, 3.05) is 0 Å². The van der Waals surface area contributed by atoms with E-state index in [1.165, 1.54) is 12.1 Å². The lowest BCUT2D eigenvalue weighted by Gasteiger charge is -2.07. The Balaban J connectivity index is 1.59. The maximum Gasteiger partial charge on any atom is 0.251 e. The number of carbonyl (C=O) groups excluding carboxylic acids is 1. The smallest absolute Gasteiger partial charge is 0.251 e. The van der Waals surface area contributed by atoms with Crippen LogP contribution in [0, 0.1) is 12.7 Å². The third kappa shape index (κ3) is 4.32. The summed E-state index contributed by atoms with van der Waals surface area (Å²) in [7, 11) is 0. The van der Waals surface area contributed by atoms with Crippen molar-refractivity contribution in [3.05, 3.63) is 81.4 Å². The highest BCUT2D eigenvalue weighted by Gasteiger charge is 2.05. The summed E-state index contributed by atoms with van der Waals surface area (Å²) in [6.45, 7) is 2.18. The van der Waals surface area contributed by atoms with Crippen LogP contribution in [0.15, 0.2) is 53.3 Å². The lowest BCUT2D eigenvalue weighted by molar-refractivity contribution is -0.121. The van der Waals surface area contributed by atoms with Crippen LogP contribution in [-0.2, 0) is 17.8 Å². The molecule has 3 rings (SSSR count). The van der Waals surface area contributed by atoms with Gasteiger partial charge in [0.2, 0.25) is 5.91 Å². The second kappa shape index (κ2) is 7.30. The monoisotopic (exact) mass is 338 g/mol. The van der Waals surface area contributed by atoms with Gasteiger partial charge in [-0.3, -0.25) is 9.59 Å². The molecule has 0 aliphatic carbocycles. The van der Waals surface area contributed by atoms with Crippen molar-refractivity contribution in [2.45, 2.75) is 26.3 Å². The van der Waals surface area contributed by atoms with E-state index < -0.39 is 0 Å². The first-order chi connectivity index (χ1) is 12.0. The lowest BCUT2D eigenvalue weighted by Crippen LogP contribution is -2.23. The number of amides is 1. The molecule has 0 spiro atoms. The molecule has 0 atom stereocenters. The Morgan fingerprint density at radius 2 is 1.96 bits per heavy atom. The molecule has 1 aromatic heterocycles. The minimum Gasteiger partial charge on any atom is -0.352 e. The van der Waals surface area contributed by atoms with Crippen molar-refractivity contribution < 1.29 is 9.18 Å². The maximum absolute atomic E-state index is 13.1. The van der Waals surface area contributed by atoms with Gasteiger partial charge < -0.3 is 10.3 Å². The fourth-order valence-corrected chi connectivity index (χ4v) is 2.71. The molecule has 0 bridgehead atoms. The summed E-state index contributed by atoms with van der Waals surface area (Å²) in [6, 6.07) is 13.8. The molecule has 0 radical (unpaired) electrons. The third-order valence-electron chi connectivity index (χ3n) is 4.11. The SMILES string of the molecule is Cc1cc2cc(CNC(=O)CCc3cccc(F)c3)ccc2[nH]c1=O. The van der Waals surface area contributed by atoms with Crippen LogP contribution >= 0.6 is 0 Å². The molecule has 0 saturated carbocycles. The van der Waals surface area contributed by atoms with Gasteiger partial charge in [-0.2, -0.15) is 0 Å². The summed E-state index contributed by atoms with van der Waals surface area (Å²) in [6.07, 6.45) is 0.811. The standard InChI is InChI=1S/C20H19FN2O2/c1-13-9-16-10-15(5-7-18(16)23-20(13)25)12-22-19(24)8-6-14-3-2-4-17(21)11-14/h2-5,7,9-11H,6,8,12H2,1H3,(H,22,24)(H,23,25). The third-order valence-corrected chi connectivity index (χ3v) is 4.11. The molecule has 128 valence electrons. The van der Waals surface area contributed by atoms with Gasteiger partial charge in [-0.05, 0) is 60.2 Å². The van der Waals surface area contributed by atoms with Crippen LogP contribution in [0.3, 0.4) is 0 Å². The molecule has 2 aromatic carbocycles. The van der Waals surface area contributed by atoms with Crippen molar-refractivity contribution >= 4 is 16.8 Å². The quantitative estimate of drug-likeness (QED) is 0.750. The van der Waals surface area contributed by atoms with E-state index in [9.17, 15) is 14.0 Å². The van der Waals surface area contributed by atoms with Crippen LogP contribution in [0.2, 0.25) is 0 Å². The number of carbonyl (C=O) groups is 1. The second-order valence-corrected chi connectivity index (χ2v) is 6.11. The summed E-state index contributed by atoms with van der Waals surface area (Å²) in [4.78, 5) is 26.4. The molecule has 3 aromatic rings. The maximum atomic E-state index is 13.1. The molecule has 1 amide bonds. The number of halogens is 1. The predicted molar refractivity (Wildman–Crippen MR) is 95.9 cm³/mol. The van der Waals surface area contributed by atoms with E-state index in [2.05, 4.69) is 10.3 Å². The number of hydrogen-bond acceptors (Lipinski definition) is 2. The van der Waals surface area contributed by atoms with Crippen LogP contribution in [0.1, 0.15) is 23.1 Å². The molecular formula is C20H19FN2O2. The number of aromatic amines is 1. The van der Waals surface area contributed by atoms with E-state index in [1.807, 2.05) is 30.3 Å². The number of rotatable bonds is 5. The topological polar surface area (TPSA) is 62.0 Å². The van der Waals surface area contributed by atoms with Crippen LogP contribution in [-0.4, -0.2) is 10.9 Å². The molecule has 0 fully saturated rings. The molecule has 0 aliphatic heterocycles. The Bertz CT molecular complexity index is 979. The molecule has 0 saturated heterocycles. The number of H-pyrrole nitrogens is 1. The highest BCUT2D eigenvalue weighted by atomic mass is 19.1. The van der Waals surface area contributed by atoms with Crippen LogP contribution < -0.4 is 10.9 Å². The zero-order chi connectivity index (χ0) is 17.8. The normalized spacial score (nSPS) is 10.8. The van der Waals surface area contributed by atoms with Gasteiger partial charge in [-0.1, -0.05) is 18.2 Å². The fourth-order valence-electron chi connectivity index (χ4n) is 2.71. The zero-order valence-corrected chi connectivity index (χ0v) is 13.9. The molecule has 4 nitrogen and oxygen atoms in total. The molecular weight excluding hydrogens is 319 g/mol. The number of fused-ring (bicyclic) bond motifs is 1. The highest BCUT2D eigenvalue weighted by Crippen LogP contribution is 2.13. The van der Waals surface area contributed by atoms with Gasteiger partial charge in [0.25, 0.3) is 5.56 Å². The van der Waals surface area contributed by atoms with E-state index >= 15 is 0 Å². The van der Waals surface area contributed by atoms with E-state index in [1.54, 1.807) is 13.0 Å². The van der Waals surface area contributed by atoms with Gasteiger partial charge in [-0.15, -0.1) is 0 Å². The van der Waals surface area contributed by atoms with E-state index in [4.69, 9.17) is 0 Å². The van der Waals surface area contributed by atoms with Crippen LogP contribution in [0.5, 0.6) is 0 Å². The Morgan fingerprint density at radius 1 is 1.12 bits per heavy atom. The Labute approximate surface area is 144 Å². The largest absolute Gasteiger partial charge is 0.352 e. The molecule has 5 heteroatoms. The second-order valence-electron chi connectivity index (χ2n) is 6.11. The Morgan fingerprint density at radius 3 is 2.76 bits per heavy atom. The predicted octanol–water partition coefficient (Wildman–Crippen LogP) is 3.22. The first kappa shape index (κ1) is 16.9. The molecule has 1 heterocycles. The Hall–Kier alpha value is -2.95. The summed E-state index contributed by atoms with van der Waals surface area (Å²) in [5.41, 5.74) is 3.10. The van der Waals surface area contributed by atoms with Crippen molar-refractivity contribution in [2.24, 2.45) is 0 Å². The van der Waals surface area contributed by atoms with Crippen molar-refractivity contribution in [1.29, 1.82) is 0 Å². The van der Waals surface area contributed by atoms with Gasteiger partial charge in [0.05, 0.1) is 0 Å². The lowest BCUT2D eigenvalue weighted by atomic mass is 10.1. The average Bonchev–Trinajstić information content (AvgIpc) is 2.59. The van der Waals surface area contributed by atoms with Gasteiger partial charge in [0.1, 0.15) is 5.82 Å². The number of aromatic nitrogens is 1. The average molecular weight is 338 g/mol. The van der Waals surface area contributed by atoms with Crippen molar-refractivity contribution in [3.8, 4) is 0 Å². The van der Waals surface area contributed by atoms with E-state index in [0.717, 1.165) is 22.0 Å². The highest BCUT2D eigenvalue weighted by molar-refractivity contribution is 5.80. The summed E-state index contributed by atoms with van der Waals surface area (Å²) in [5, 5.41) is 3.80. The molecule has 2 N–H and O–H groups in total. The number of aryl methyl sites for hydroxylation is 2. The first-order valence-electron chi connectivity index (χ1n) is 8.15. The Kier molecular flexibility index (Phi) is 4.93. The number of hydrogen-bond donors (Lipinski definition) is 2. The minimum absolute atomic E-state index is 0.0815. The fraction of sp³-hybridized carbons (Fsp3) is 0.200. The molecule has 25 heavy (non-hydrogen) atoms.